The molecule has 0 atom stereocenters. The van der Waals surface area contributed by atoms with Crippen LogP contribution in [0, 0.1) is 29.6 Å². The second-order valence-electron chi connectivity index (χ2n) is 2.81. The highest BCUT2D eigenvalue weighted by Gasteiger charge is 1.97. The minimum atomic E-state index is -0.229. The van der Waals surface area contributed by atoms with Gasteiger partial charge in [0.25, 0.3) is 0 Å². The Kier molecular flexibility index (Phi) is 3.68. The number of nitriles is 2. The molecule has 1 aromatic carbocycles. The van der Waals surface area contributed by atoms with Gasteiger partial charge in [-0.05, 0) is 30.7 Å². The number of nitrogens with one attached hydrogen (secondary N) is 1. The van der Waals surface area contributed by atoms with Crippen LogP contribution in [-0.2, 0) is 0 Å². The van der Waals surface area contributed by atoms with E-state index >= 15 is 0 Å². The molecule has 1 rings (SSSR count). The number of hydrogen-bond donors (Lipinski definition) is 1. The second-order valence-corrected chi connectivity index (χ2v) is 3.25. The molecule has 0 bridgehead atoms. The Balaban J connectivity index is 2.88. The molecule has 0 aromatic heterocycles. The molecule has 0 fully saturated rings. The maximum Gasteiger partial charge on any atom is 0.237 e. The molecule has 5 heteroatoms. The monoisotopic (exact) mass is 218 g/mol. The van der Waals surface area contributed by atoms with E-state index in [1.165, 1.54) is 0 Å². The standard InChI is InChI=1S/C10H7ClN4/c1-7-2-8(11)4-9(3-7)14-15-10(5-12)6-13/h2-4,14H,1H3. The van der Waals surface area contributed by atoms with Gasteiger partial charge in [-0.3, -0.25) is 5.43 Å². The summed E-state index contributed by atoms with van der Waals surface area (Å²) in [6.45, 7) is 1.89. The number of aryl methyl sites for hydroxylation is 1. The number of halogens is 1. The number of hydrazone groups is 1. The minimum Gasteiger partial charge on any atom is -0.276 e. The maximum absolute atomic E-state index is 8.44. The summed E-state index contributed by atoms with van der Waals surface area (Å²) in [7, 11) is 0. The second kappa shape index (κ2) is 4.99. The number of benzene rings is 1. The van der Waals surface area contributed by atoms with Crippen LogP contribution >= 0.6 is 11.6 Å². The maximum atomic E-state index is 8.44. The lowest BCUT2D eigenvalue weighted by Gasteiger charge is -2.02. The highest BCUT2D eigenvalue weighted by atomic mass is 35.5. The summed E-state index contributed by atoms with van der Waals surface area (Å²) < 4.78 is 0. The average molecular weight is 219 g/mol. The third-order valence-electron chi connectivity index (χ3n) is 1.55. The fraction of sp³-hybridized carbons (Fsp3) is 0.100. The Morgan fingerprint density at radius 1 is 1.33 bits per heavy atom. The van der Waals surface area contributed by atoms with E-state index in [1.807, 2.05) is 13.0 Å². The van der Waals surface area contributed by atoms with Crippen LogP contribution < -0.4 is 5.43 Å². The Morgan fingerprint density at radius 3 is 2.53 bits per heavy atom. The summed E-state index contributed by atoms with van der Waals surface area (Å²) in [6.07, 6.45) is 0. The summed E-state index contributed by atoms with van der Waals surface area (Å²) in [5.74, 6) is 0. The lowest BCUT2D eigenvalue weighted by atomic mass is 10.2. The van der Waals surface area contributed by atoms with Gasteiger partial charge < -0.3 is 0 Å². The Labute approximate surface area is 92.4 Å². The number of nitrogens with zero attached hydrogens (tertiary/aromatic N) is 3. The van der Waals surface area contributed by atoms with E-state index in [1.54, 1.807) is 24.3 Å². The van der Waals surface area contributed by atoms with E-state index in [2.05, 4.69) is 10.5 Å². The molecule has 0 saturated heterocycles. The topological polar surface area (TPSA) is 72.0 Å². The zero-order valence-electron chi connectivity index (χ0n) is 7.95. The van der Waals surface area contributed by atoms with Crippen molar-refractivity contribution in [3.63, 3.8) is 0 Å². The van der Waals surface area contributed by atoms with Crippen LogP contribution in [0.15, 0.2) is 23.3 Å². The Hall–Kier alpha value is -2.04. The van der Waals surface area contributed by atoms with Crippen molar-refractivity contribution < 1.29 is 0 Å². The first-order chi connectivity index (χ1) is 7.15. The van der Waals surface area contributed by atoms with Crippen molar-refractivity contribution in [2.24, 2.45) is 5.10 Å². The summed E-state index contributed by atoms with van der Waals surface area (Å²) in [5, 5.41) is 21.1. The number of rotatable bonds is 2. The normalized spacial score (nSPS) is 8.53. The molecule has 0 unspecified atom stereocenters. The zero-order chi connectivity index (χ0) is 11.3. The van der Waals surface area contributed by atoms with Crippen LogP contribution in [0.25, 0.3) is 0 Å². The Morgan fingerprint density at radius 2 is 2.00 bits per heavy atom. The fourth-order valence-electron chi connectivity index (χ4n) is 0.996. The van der Waals surface area contributed by atoms with Gasteiger partial charge in [0.1, 0.15) is 12.1 Å². The number of hydrogen-bond acceptors (Lipinski definition) is 4. The smallest absolute Gasteiger partial charge is 0.237 e. The lowest BCUT2D eigenvalue weighted by Crippen LogP contribution is -1.96. The molecule has 0 aliphatic carbocycles. The van der Waals surface area contributed by atoms with Crippen LogP contribution in [0.5, 0.6) is 0 Å². The molecule has 0 spiro atoms. The van der Waals surface area contributed by atoms with E-state index in [4.69, 9.17) is 22.1 Å². The van der Waals surface area contributed by atoms with Crippen LogP contribution in [-0.4, -0.2) is 5.71 Å². The summed E-state index contributed by atoms with van der Waals surface area (Å²) in [6, 6.07) is 8.55. The Bertz CT molecular complexity index is 443. The first-order valence-electron chi connectivity index (χ1n) is 4.07. The molecule has 0 amide bonds. The number of anilines is 1. The van der Waals surface area contributed by atoms with Crippen LogP contribution in [0.1, 0.15) is 5.56 Å². The van der Waals surface area contributed by atoms with Gasteiger partial charge >= 0.3 is 0 Å². The molecule has 0 saturated carbocycles. The van der Waals surface area contributed by atoms with Gasteiger partial charge in [-0.15, -0.1) is 0 Å². The predicted molar refractivity (Wildman–Crippen MR) is 58.5 cm³/mol. The van der Waals surface area contributed by atoms with Gasteiger partial charge in [0.2, 0.25) is 5.71 Å². The van der Waals surface area contributed by atoms with Crippen molar-refractivity contribution in [3.05, 3.63) is 28.8 Å². The molecule has 0 aliphatic rings. The van der Waals surface area contributed by atoms with E-state index in [0.717, 1.165) is 5.56 Å². The summed E-state index contributed by atoms with van der Waals surface area (Å²) in [4.78, 5) is 0. The molecule has 0 heterocycles. The fourth-order valence-corrected chi connectivity index (χ4v) is 1.29. The first kappa shape index (κ1) is 11.0. The van der Waals surface area contributed by atoms with Crippen molar-refractivity contribution in [3.8, 4) is 12.1 Å². The summed E-state index contributed by atoms with van der Waals surface area (Å²) in [5.41, 5.74) is 3.97. The molecule has 74 valence electrons. The SMILES string of the molecule is Cc1cc(Cl)cc(NN=C(C#N)C#N)c1. The molecule has 15 heavy (non-hydrogen) atoms. The minimum absolute atomic E-state index is 0.229. The predicted octanol–water partition coefficient (Wildman–Crippen LogP) is 2.46. The molecular weight excluding hydrogens is 212 g/mol. The molecule has 0 radical (unpaired) electrons. The highest BCUT2D eigenvalue weighted by Crippen LogP contribution is 2.18. The van der Waals surface area contributed by atoms with E-state index < -0.39 is 0 Å². The third-order valence-corrected chi connectivity index (χ3v) is 1.77. The molecular formula is C10H7ClN4. The molecule has 4 nitrogen and oxygen atoms in total. The van der Waals surface area contributed by atoms with Crippen molar-refractivity contribution in [2.75, 3.05) is 5.43 Å². The van der Waals surface area contributed by atoms with E-state index in [9.17, 15) is 0 Å². The van der Waals surface area contributed by atoms with Crippen molar-refractivity contribution in [1.82, 2.24) is 0 Å². The van der Waals surface area contributed by atoms with Crippen LogP contribution in [0.2, 0.25) is 5.02 Å². The van der Waals surface area contributed by atoms with Gasteiger partial charge in [0.15, 0.2) is 0 Å². The quantitative estimate of drug-likeness (QED) is 0.612. The van der Waals surface area contributed by atoms with Crippen molar-refractivity contribution in [1.29, 1.82) is 10.5 Å². The summed E-state index contributed by atoms with van der Waals surface area (Å²) >= 11 is 5.81. The van der Waals surface area contributed by atoms with Crippen molar-refractivity contribution >= 4 is 23.0 Å². The van der Waals surface area contributed by atoms with Gasteiger partial charge in [-0.1, -0.05) is 11.6 Å². The largest absolute Gasteiger partial charge is 0.276 e. The van der Waals surface area contributed by atoms with Crippen LogP contribution in [0.4, 0.5) is 5.69 Å². The van der Waals surface area contributed by atoms with Gasteiger partial charge in [-0.2, -0.15) is 15.6 Å². The molecule has 0 aliphatic heterocycles. The lowest BCUT2D eigenvalue weighted by molar-refractivity contribution is 1.32. The zero-order valence-corrected chi connectivity index (χ0v) is 8.71. The third kappa shape index (κ3) is 3.30. The molecule has 1 aromatic rings. The van der Waals surface area contributed by atoms with Gasteiger partial charge in [-0.25, -0.2) is 0 Å². The van der Waals surface area contributed by atoms with E-state index in [-0.39, 0.29) is 5.71 Å². The highest BCUT2D eigenvalue weighted by molar-refractivity contribution is 6.30. The van der Waals surface area contributed by atoms with Gasteiger partial charge in [0.05, 0.1) is 5.69 Å². The molecule has 1 N–H and O–H groups in total. The van der Waals surface area contributed by atoms with E-state index in [0.29, 0.717) is 10.7 Å². The average Bonchev–Trinajstić information content (AvgIpc) is 2.18. The van der Waals surface area contributed by atoms with Crippen molar-refractivity contribution in [2.45, 2.75) is 6.92 Å². The first-order valence-corrected chi connectivity index (χ1v) is 4.44. The van der Waals surface area contributed by atoms with Gasteiger partial charge in [0, 0.05) is 5.02 Å². The van der Waals surface area contributed by atoms with Crippen LogP contribution in [0.3, 0.4) is 0 Å².